The maximum atomic E-state index is 11.7. The fourth-order valence-corrected chi connectivity index (χ4v) is 1.57. The maximum absolute atomic E-state index is 11.7. The normalized spacial score (nSPS) is 10.6. The van der Waals surface area contributed by atoms with Crippen LogP contribution in [0.3, 0.4) is 0 Å². The third-order valence-corrected chi connectivity index (χ3v) is 2.66. The van der Waals surface area contributed by atoms with Crippen LogP contribution >= 0.6 is 0 Å². The molecule has 4 nitrogen and oxygen atoms in total. The first kappa shape index (κ1) is 24.4. The highest BCUT2D eigenvalue weighted by molar-refractivity contribution is 5.81. The van der Waals surface area contributed by atoms with Gasteiger partial charge in [0.05, 0.1) is 6.04 Å². The van der Waals surface area contributed by atoms with Gasteiger partial charge in [0.1, 0.15) is 0 Å². The molecule has 0 aromatic heterocycles. The van der Waals surface area contributed by atoms with Crippen LogP contribution in [0.4, 0.5) is 0 Å². The number of hydrogen-bond acceptors (Lipinski definition) is 3. The summed E-state index contributed by atoms with van der Waals surface area (Å²) in [4.78, 5) is 11.7. The average molecular weight is 290 g/mol. The van der Waals surface area contributed by atoms with E-state index in [-0.39, 0.29) is 11.9 Å². The molecule has 1 unspecified atom stereocenters. The van der Waals surface area contributed by atoms with Gasteiger partial charge >= 0.3 is 0 Å². The SMILES string of the molecule is CC.CC.CCCCNC(=O)C(CCCCNC)NC. The number of carbonyl (C=O) groups excluding carboxylic acids is 1. The Morgan fingerprint density at radius 3 is 2.00 bits per heavy atom. The summed E-state index contributed by atoms with van der Waals surface area (Å²) < 4.78 is 0. The van der Waals surface area contributed by atoms with Gasteiger partial charge in [0.15, 0.2) is 0 Å². The van der Waals surface area contributed by atoms with E-state index in [9.17, 15) is 4.79 Å². The van der Waals surface area contributed by atoms with Gasteiger partial charge in [-0.05, 0) is 39.9 Å². The van der Waals surface area contributed by atoms with E-state index < -0.39 is 0 Å². The first-order valence-corrected chi connectivity index (χ1v) is 8.35. The molecular weight excluding hydrogens is 250 g/mol. The van der Waals surface area contributed by atoms with Crippen molar-refractivity contribution in [2.75, 3.05) is 27.2 Å². The van der Waals surface area contributed by atoms with Crippen molar-refractivity contribution in [3.8, 4) is 0 Å². The molecule has 20 heavy (non-hydrogen) atoms. The van der Waals surface area contributed by atoms with Gasteiger partial charge in [-0.3, -0.25) is 4.79 Å². The molecule has 0 rings (SSSR count). The van der Waals surface area contributed by atoms with Crippen molar-refractivity contribution in [3.05, 3.63) is 0 Å². The van der Waals surface area contributed by atoms with Crippen LogP contribution in [0.25, 0.3) is 0 Å². The Hall–Kier alpha value is -0.610. The number of rotatable bonds is 10. The van der Waals surface area contributed by atoms with Crippen LogP contribution in [-0.4, -0.2) is 39.1 Å². The van der Waals surface area contributed by atoms with Crippen LogP contribution in [-0.2, 0) is 4.79 Å². The Morgan fingerprint density at radius 1 is 0.950 bits per heavy atom. The van der Waals surface area contributed by atoms with Gasteiger partial charge < -0.3 is 16.0 Å². The lowest BCUT2D eigenvalue weighted by molar-refractivity contribution is -0.123. The van der Waals surface area contributed by atoms with Crippen LogP contribution in [0.2, 0.25) is 0 Å². The fraction of sp³-hybridized carbons (Fsp3) is 0.938. The number of hydrogen-bond donors (Lipinski definition) is 3. The molecule has 0 aromatic carbocycles. The van der Waals surface area contributed by atoms with E-state index in [1.165, 1.54) is 0 Å². The zero-order chi connectivity index (χ0) is 16.2. The summed E-state index contributed by atoms with van der Waals surface area (Å²) in [7, 11) is 3.80. The highest BCUT2D eigenvalue weighted by atomic mass is 16.2. The standard InChI is InChI=1S/C12H27N3O.2C2H6/c1-4-5-10-15-12(16)11(14-3)8-6-7-9-13-2;2*1-2/h11,13-14H,4-10H2,1-3H3,(H,15,16);2*1-2H3. The summed E-state index contributed by atoms with van der Waals surface area (Å²) in [6, 6.07) is -0.0336. The van der Waals surface area contributed by atoms with Crippen molar-refractivity contribution in [2.45, 2.75) is 72.8 Å². The Bertz CT molecular complexity index is 175. The van der Waals surface area contributed by atoms with Crippen LogP contribution in [0, 0.1) is 0 Å². The lowest BCUT2D eigenvalue weighted by Crippen LogP contribution is -2.42. The third-order valence-electron chi connectivity index (χ3n) is 2.66. The molecule has 0 fully saturated rings. The van der Waals surface area contributed by atoms with E-state index in [0.717, 1.165) is 45.2 Å². The zero-order valence-electron chi connectivity index (χ0n) is 14.9. The van der Waals surface area contributed by atoms with Gasteiger partial charge in [-0.25, -0.2) is 0 Å². The zero-order valence-corrected chi connectivity index (χ0v) is 14.9. The van der Waals surface area contributed by atoms with Gasteiger partial charge in [-0.15, -0.1) is 0 Å². The average Bonchev–Trinajstić information content (AvgIpc) is 2.51. The highest BCUT2D eigenvalue weighted by Crippen LogP contribution is 2.00. The first-order chi connectivity index (χ1) is 9.76. The van der Waals surface area contributed by atoms with E-state index in [1.54, 1.807) is 0 Å². The van der Waals surface area contributed by atoms with Crippen LogP contribution in [0.1, 0.15) is 66.7 Å². The molecule has 0 aliphatic carbocycles. The molecule has 0 saturated carbocycles. The molecule has 0 aliphatic rings. The van der Waals surface area contributed by atoms with Crippen molar-refractivity contribution < 1.29 is 4.79 Å². The molecule has 0 aromatic rings. The molecule has 0 heterocycles. The monoisotopic (exact) mass is 289 g/mol. The Balaban J connectivity index is -0.000000656. The molecule has 124 valence electrons. The molecule has 0 bridgehead atoms. The maximum Gasteiger partial charge on any atom is 0.237 e. The molecule has 0 spiro atoms. The highest BCUT2D eigenvalue weighted by Gasteiger charge is 2.14. The molecular formula is C16H39N3O. The summed E-state index contributed by atoms with van der Waals surface area (Å²) in [6.07, 6.45) is 5.29. The van der Waals surface area contributed by atoms with Gasteiger partial charge in [-0.1, -0.05) is 47.5 Å². The summed E-state index contributed by atoms with van der Waals surface area (Å²) >= 11 is 0. The summed E-state index contributed by atoms with van der Waals surface area (Å²) in [5.41, 5.74) is 0. The number of carbonyl (C=O) groups is 1. The first-order valence-electron chi connectivity index (χ1n) is 8.35. The van der Waals surface area contributed by atoms with Gasteiger partial charge in [0.2, 0.25) is 5.91 Å². The molecule has 1 amide bonds. The Morgan fingerprint density at radius 2 is 1.55 bits per heavy atom. The fourth-order valence-electron chi connectivity index (χ4n) is 1.57. The molecule has 1 atom stereocenters. The van der Waals surface area contributed by atoms with Crippen molar-refractivity contribution in [2.24, 2.45) is 0 Å². The molecule has 0 radical (unpaired) electrons. The van der Waals surface area contributed by atoms with Gasteiger partial charge in [-0.2, -0.15) is 0 Å². The lowest BCUT2D eigenvalue weighted by atomic mass is 10.1. The minimum atomic E-state index is -0.0336. The number of amides is 1. The van der Waals surface area contributed by atoms with Crippen LogP contribution < -0.4 is 16.0 Å². The third kappa shape index (κ3) is 17.4. The van der Waals surface area contributed by atoms with E-state index in [2.05, 4.69) is 22.9 Å². The van der Waals surface area contributed by atoms with Crippen molar-refractivity contribution in [3.63, 3.8) is 0 Å². The largest absolute Gasteiger partial charge is 0.355 e. The summed E-state index contributed by atoms with van der Waals surface area (Å²) in [6.45, 7) is 11.9. The number of likely N-dealkylation sites (N-methyl/N-ethyl adjacent to an activating group) is 1. The quantitative estimate of drug-likeness (QED) is 0.542. The smallest absolute Gasteiger partial charge is 0.237 e. The van der Waals surface area contributed by atoms with Crippen LogP contribution in [0.5, 0.6) is 0 Å². The van der Waals surface area contributed by atoms with E-state index in [0.29, 0.717) is 0 Å². The molecule has 3 N–H and O–H groups in total. The predicted molar refractivity (Wildman–Crippen MR) is 91.2 cm³/mol. The topological polar surface area (TPSA) is 53.2 Å². The van der Waals surface area contributed by atoms with Crippen LogP contribution in [0.15, 0.2) is 0 Å². The Kier molecular flexibility index (Phi) is 28.7. The predicted octanol–water partition coefficient (Wildman–Crippen LogP) is 2.93. The second-order valence-corrected chi connectivity index (χ2v) is 4.09. The Labute approximate surface area is 127 Å². The van der Waals surface area contributed by atoms with E-state index in [4.69, 9.17) is 0 Å². The lowest BCUT2D eigenvalue weighted by Gasteiger charge is -2.15. The van der Waals surface area contributed by atoms with Gasteiger partial charge in [0.25, 0.3) is 0 Å². The minimum Gasteiger partial charge on any atom is -0.355 e. The van der Waals surface area contributed by atoms with Crippen molar-refractivity contribution >= 4 is 5.91 Å². The molecule has 0 aliphatic heterocycles. The van der Waals surface area contributed by atoms with Gasteiger partial charge in [0, 0.05) is 6.54 Å². The second kappa shape index (κ2) is 23.5. The van der Waals surface area contributed by atoms with Crippen molar-refractivity contribution in [1.82, 2.24) is 16.0 Å². The van der Waals surface area contributed by atoms with Crippen molar-refractivity contribution in [1.29, 1.82) is 0 Å². The summed E-state index contributed by atoms with van der Waals surface area (Å²) in [5.74, 6) is 0.139. The number of nitrogens with one attached hydrogen (secondary N) is 3. The number of unbranched alkanes of at least 4 members (excludes halogenated alkanes) is 2. The molecule has 4 heteroatoms. The molecule has 0 saturated heterocycles. The van der Waals surface area contributed by atoms with E-state index >= 15 is 0 Å². The second-order valence-electron chi connectivity index (χ2n) is 4.09. The summed E-state index contributed by atoms with van der Waals surface area (Å²) in [5, 5.41) is 9.14. The van der Waals surface area contributed by atoms with E-state index in [1.807, 2.05) is 41.8 Å². The minimum absolute atomic E-state index is 0.0336.